The molecule has 2 aliphatic rings. The van der Waals surface area contributed by atoms with Crippen LogP contribution in [0.25, 0.3) is 0 Å². The summed E-state index contributed by atoms with van der Waals surface area (Å²) in [6.45, 7) is 5.59. The van der Waals surface area contributed by atoms with Crippen molar-refractivity contribution in [3.8, 4) is 0 Å². The van der Waals surface area contributed by atoms with E-state index in [1.54, 1.807) is 0 Å². The lowest BCUT2D eigenvalue weighted by atomic mass is 9.89. The zero-order chi connectivity index (χ0) is 13.8. The third-order valence-corrected chi connectivity index (χ3v) is 4.98. The van der Waals surface area contributed by atoms with Gasteiger partial charge in [-0.2, -0.15) is 0 Å². The van der Waals surface area contributed by atoms with Gasteiger partial charge in [0.2, 0.25) is 0 Å². The minimum Gasteiger partial charge on any atom is -0.311 e. The lowest BCUT2D eigenvalue weighted by Gasteiger charge is -2.31. The molecule has 3 nitrogen and oxygen atoms in total. The van der Waals surface area contributed by atoms with Gasteiger partial charge in [-0.15, -0.1) is 0 Å². The van der Waals surface area contributed by atoms with Gasteiger partial charge in [0.05, 0.1) is 5.69 Å². The molecule has 1 aromatic rings. The summed E-state index contributed by atoms with van der Waals surface area (Å²) in [6, 6.07) is 7.85. The van der Waals surface area contributed by atoms with E-state index in [9.17, 15) is 0 Å². The van der Waals surface area contributed by atoms with Crippen molar-refractivity contribution >= 4 is 0 Å². The molecule has 0 radical (unpaired) electrons. The minimum absolute atomic E-state index is 0.824. The molecule has 0 aromatic carbocycles. The van der Waals surface area contributed by atoms with Crippen LogP contribution in [0.1, 0.15) is 44.7 Å². The standard InChI is InChI=1S/C17H27N3/c1-2-20(13-17-5-3-4-9-18-17)10-8-14-11-15-6-7-16(12-14)19-15/h3-5,9,14-16,19H,2,6-8,10-13H2,1H3. The quantitative estimate of drug-likeness (QED) is 0.864. The highest BCUT2D eigenvalue weighted by Crippen LogP contribution is 2.32. The molecule has 0 spiro atoms. The molecule has 20 heavy (non-hydrogen) atoms. The van der Waals surface area contributed by atoms with Crippen LogP contribution < -0.4 is 5.32 Å². The maximum Gasteiger partial charge on any atom is 0.0543 e. The molecule has 2 aliphatic heterocycles. The predicted octanol–water partition coefficient (Wildman–Crippen LogP) is 2.82. The van der Waals surface area contributed by atoms with Crippen molar-refractivity contribution in [1.29, 1.82) is 0 Å². The number of hydrogen-bond donors (Lipinski definition) is 1. The van der Waals surface area contributed by atoms with E-state index in [1.165, 1.54) is 44.3 Å². The molecule has 2 saturated heterocycles. The van der Waals surface area contributed by atoms with E-state index in [0.29, 0.717) is 0 Å². The van der Waals surface area contributed by atoms with E-state index < -0.39 is 0 Å². The van der Waals surface area contributed by atoms with Gasteiger partial charge < -0.3 is 5.32 Å². The van der Waals surface area contributed by atoms with Crippen molar-refractivity contribution in [1.82, 2.24) is 15.2 Å². The highest BCUT2D eigenvalue weighted by atomic mass is 15.1. The average Bonchev–Trinajstić information content (AvgIpc) is 2.83. The van der Waals surface area contributed by atoms with Gasteiger partial charge in [-0.05, 0) is 63.2 Å². The summed E-state index contributed by atoms with van der Waals surface area (Å²) in [6.07, 6.45) is 8.87. The molecule has 2 fully saturated rings. The Kier molecular flexibility index (Phi) is 4.69. The molecule has 2 atom stereocenters. The number of hydrogen-bond acceptors (Lipinski definition) is 3. The molecule has 110 valence electrons. The second-order valence-electron chi connectivity index (χ2n) is 6.45. The Bertz CT molecular complexity index is 394. The van der Waals surface area contributed by atoms with Gasteiger partial charge in [0.15, 0.2) is 0 Å². The summed E-state index contributed by atoms with van der Waals surface area (Å²) in [5.74, 6) is 0.937. The Labute approximate surface area is 122 Å². The highest BCUT2D eigenvalue weighted by Gasteiger charge is 2.33. The molecular weight excluding hydrogens is 246 g/mol. The summed E-state index contributed by atoms with van der Waals surface area (Å²) >= 11 is 0. The summed E-state index contributed by atoms with van der Waals surface area (Å²) in [5.41, 5.74) is 1.19. The SMILES string of the molecule is CCN(CCC1CC2CCC(C1)N2)Cc1ccccn1. The van der Waals surface area contributed by atoms with E-state index in [4.69, 9.17) is 0 Å². The van der Waals surface area contributed by atoms with Gasteiger partial charge in [0.25, 0.3) is 0 Å². The summed E-state index contributed by atoms with van der Waals surface area (Å²) in [7, 11) is 0. The Hall–Kier alpha value is -0.930. The Morgan fingerprint density at radius 3 is 2.70 bits per heavy atom. The maximum absolute atomic E-state index is 4.44. The topological polar surface area (TPSA) is 28.2 Å². The van der Waals surface area contributed by atoms with E-state index in [-0.39, 0.29) is 0 Å². The summed E-state index contributed by atoms with van der Waals surface area (Å²) in [4.78, 5) is 6.98. The number of pyridine rings is 1. The van der Waals surface area contributed by atoms with Crippen LogP contribution in [0.4, 0.5) is 0 Å². The maximum atomic E-state index is 4.44. The van der Waals surface area contributed by atoms with Gasteiger partial charge >= 0.3 is 0 Å². The van der Waals surface area contributed by atoms with Crippen LogP contribution in [0.3, 0.4) is 0 Å². The fourth-order valence-electron chi connectivity index (χ4n) is 3.85. The second kappa shape index (κ2) is 6.68. The second-order valence-corrected chi connectivity index (χ2v) is 6.45. The fraction of sp³-hybridized carbons (Fsp3) is 0.706. The van der Waals surface area contributed by atoms with E-state index in [1.807, 2.05) is 12.3 Å². The van der Waals surface area contributed by atoms with E-state index in [0.717, 1.165) is 31.1 Å². The Morgan fingerprint density at radius 1 is 1.25 bits per heavy atom. The average molecular weight is 273 g/mol. The number of fused-ring (bicyclic) bond motifs is 2. The smallest absolute Gasteiger partial charge is 0.0543 e. The number of piperidine rings is 1. The Morgan fingerprint density at radius 2 is 2.05 bits per heavy atom. The number of nitrogens with zero attached hydrogens (tertiary/aromatic N) is 2. The van der Waals surface area contributed by atoms with Crippen LogP contribution in [0.5, 0.6) is 0 Å². The number of rotatable bonds is 6. The zero-order valence-electron chi connectivity index (χ0n) is 12.6. The van der Waals surface area contributed by atoms with Crippen LogP contribution in [0, 0.1) is 5.92 Å². The third-order valence-electron chi connectivity index (χ3n) is 4.98. The van der Waals surface area contributed by atoms with Crippen molar-refractivity contribution in [3.05, 3.63) is 30.1 Å². The molecule has 1 N–H and O–H groups in total. The monoisotopic (exact) mass is 273 g/mol. The predicted molar refractivity (Wildman–Crippen MR) is 82.5 cm³/mol. The van der Waals surface area contributed by atoms with Gasteiger partial charge in [0.1, 0.15) is 0 Å². The fourth-order valence-corrected chi connectivity index (χ4v) is 3.85. The van der Waals surface area contributed by atoms with Crippen LogP contribution in [-0.4, -0.2) is 35.1 Å². The number of nitrogens with one attached hydrogen (secondary N) is 1. The molecule has 3 heteroatoms. The third kappa shape index (κ3) is 3.58. The largest absolute Gasteiger partial charge is 0.311 e. The van der Waals surface area contributed by atoms with Crippen molar-refractivity contribution < 1.29 is 0 Å². The van der Waals surface area contributed by atoms with E-state index in [2.05, 4.69) is 34.3 Å². The molecule has 0 aliphatic carbocycles. The van der Waals surface area contributed by atoms with Crippen molar-refractivity contribution in [2.75, 3.05) is 13.1 Å². The Balaban J connectivity index is 1.46. The van der Waals surface area contributed by atoms with E-state index >= 15 is 0 Å². The molecule has 1 aromatic heterocycles. The minimum atomic E-state index is 0.824. The molecule has 0 saturated carbocycles. The van der Waals surface area contributed by atoms with Crippen molar-refractivity contribution in [2.24, 2.45) is 5.92 Å². The lowest BCUT2D eigenvalue weighted by Crippen LogP contribution is -2.39. The van der Waals surface area contributed by atoms with Crippen LogP contribution in [0.15, 0.2) is 24.4 Å². The first-order valence-corrected chi connectivity index (χ1v) is 8.21. The summed E-state index contributed by atoms with van der Waals surface area (Å²) < 4.78 is 0. The molecule has 2 bridgehead atoms. The van der Waals surface area contributed by atoms with Crippen LogP contribution >= 0.6 is 0 Å². The molecule has 3 heterocycles. The molecule has 0 amide bonds. The highest BCUT2D eigenvalue weighted by molar-refractivity contribution is 5.03. The molecule has 2 unspecified atom stereocenters. The van der Waals surface area contributed by atoms with Crippen LogP contribution in [0.2, 0.25) is 0 Å². The van der Waals surface area contributed by atoms with Gasteiger partial charge in [-0.25, -0.2) is 0 Å². The van der Waals surface area contributed by atoms with Crippen molar-refractivity contribution in [3.63, 3.8) is 0 Å². The first-order chi connectivity index (χ1) is 9.83. The van der Waals surface area contributed by atoms with Gasteiger partial charge in [-0.1, -0.05) is 13.0 Å². The first kappa shape index (κ1) is 14.0. The lowest BCUT2D eigenvalue weighted by molar-refractivity contribution is 0.218. The van der Waals surface area contributed by atoms with Crippen molar-refractivity contribution in [2.45, 2.75) is 57.7 Å². The molecule has 3 rings (SSSR count). The molecular formula is C17H27N3. The summed E-state index contributed by atoms with van der Waals surface area (Å²) in [5, 5.41) is 3.74. The first-order valence-electron chi connectivity index (χ1n) is 8.21. The van der Waals surface area contributed by atoms with Gasteiger partial charge in [-0.3, -0.25) is 9.88 Å². The van der Waals surface area contributed by atoms with Gasteiger partial charge in [0, 0.05) is 24.8 Å². The zero-order valence-corrected chi connectivity index (χ0v) is 12.6. The van der Waals surface area contributed by atoms with Crippen LogP contribution in [-0.2, 0) is 6.54 Å². The normalized spacial score (nSPS) is 29.0. The number of aromatic nitrogens is 1.